The van der Waals surface area contributed by atoms with Gasteiger partial charge in [0.15, 0.2) is 5.60 Å². The lowest BCUT2D eigenvalue weighted by molar-refractivity contribution is -0.170. The Labute approximate surface area is 219 Å². The summed E-state index contributed by atoms with van der Waals surface area (Å²) in [6.45, 7) is 9.74. The van der Waals surface area contributed by atoms with E-state index in [1.54, 1.807) is 12.1 Å². The molecule has 1 unspecified atom stereocenters. The van der Waals surface area contributed by atoms with Crippen molar-refractivity contribution in [2.45, 2.75) is 63.9 Å². The van der Waals surface area contributed by atoms with Gasteiger partial charge < -0.3 is 25.2 Å². The predicted octanol–water partition coefficient (Wildman–Crippen LogP) is 2.45. The smallest absolute Gasteiger partial charge is 0.336 e. The minimum absolute atomic E-state index is 0.190. The second-order valence-corrected chi connectivity index (χ2v) is 9.14. The van der Waals surface area contributed by atoms with Gasteiger partial charge in [-0.15, -0.1) is 6.58 Å². The van der Waals surface area contributed by atoms with E-state index in [0.717, 1.165) is 43.8 Å². The molecule has 38 heavy (non-hydrogen) atoms. The maximum Gasteiger partial charge on any atom is 0.336 e. The van der Waals surface area contributed by atoms with Crippen LogP contribution in [0.3, 0.4) is 0 Å². The average molecular weight is 536 g/mol. The van der Waals surface area contributed by atoms with Crippen molar-refractivity contribution in [2.24, 2.45) is 0 Å². The number of carboxylic acid groups (broad SMARTS) is 3. The van der Waals surface area contributed by atoms with E-state index in [-0.39, 0.29) is 11.9 Å². The second-order valence-electron chi connectivity index (χ2n) is 9.14. The fraction of sp³-hybridized carbons (Fsp3) is 0.462. The van der Waals surface area contributed by atoms with Gasteiger partial charge in [0, 0.05) is 37.5 Å². The predicted molar refractivity (Wildman–Crippen MR) is 134 cm³/mol. The summed E-state index contributed by atoms with van der Waals surface area (Å²) in [6, 6.07) is 6.83. The summed E-state index contributed by atoms with van der Waals surface area (Å²) in [5.41, 5.74) is 0.583. The number of halogens is 1. The number of carboxylic acids is 3. The zero-order valence-electron chi connectivity index (χ0n) is 21.3. The molecule has 11 nitrogen and oxygen atoms in total. The number of carbonyl (C=O) groups is 3. The Balaban J connectivity index is 0.000000332. The molecule has 4 N–H and O–H groups in total. The third kappa shape index (κ3) is 9.69. The second kappa shape index (κ2) is 14.4. The van der Waals surface area contributed by atoms with Gasteiger partial charge in [0.1, 0.15) is 5.82 Å². The Morgan fingerprint density at radius 2 is 1.92 bits per heavy atom. The fourth-order valence-corrected chi connectivity index (χ4v) is 4.06. The summed E-state index contributed by atoms with van der Waals surface area (Å²) in [5, 5.41) is 38.2. The number of aliphatic carboxylic acids is 3. The molecular formula is C26H34FN3O8. The normalized spacial score (nSPS) is 15.1. The Morgan fingerprint density at radius 1 is 1.24 bits per heavy atom. The molecule has 0 amide bonds. The van der Waals surface area contributed by atoms with Gasteiger partial charge in [-0.25, -0.2) is 9.18 Å². The van der Waals surface area contributed by atoms with Crippen LogP contribution in [-0.2, 0) is 38.8 Å². The molecule has 3 rings (SSSR count). The first-order valence-corrected chi connectivity index (χ1v) is 12.0. The molecule has 1 aliphatic rings. The van der Waals surface area contributed by atoms with Gasteiger partial charge in [0.2, 0.25) is 0 Å². The van der Waals surface area contributed by atoms with Crippen molar-refractivity contribution in [3.8, 4) is 0 Å². The molecule has 0 aliphatic carbocycles. The minimum Gasteiger partial charge on any atom is -0.481 e. The number of hydrogen-bond acceptors (Lipinski definition) is 7. The van der Waals surface area contributed by atoms with Crippen molar-refractivity contribution < 1.29 is 43.9 Å². The molecule has 2 aromatic rings. The van der Waals surface area contributed by atoms with Crippen molar-refractivity contribution in [1.82, 2.24) is 14.7 Å². The Kier molecular flexibility index (Phi) is 11.6. The summed E-state index contributed by atoms with van der Waals surface area (Å²) in [4.78, 5) is 32.8. The fourth-order valence-electron chi connectivity index (χ4n) is 4.06. The third-order valence-corrected chi connectivity index (χ3v) is 5.97. The minimum atomic E-state index is -2.74. The van der Waals surface area contributed by atoms with Gasteiger partial charge in [-0.1, -0.05) is 18.2 Å². The van der Waals surface area contributed by atoms with Crippen LogP contribution in [0, 0.1) is 12.7 Å². The van der Waals surface area contributed by atoms with Crippen LogP contribution in [0.15, 0.2) is 43.1 Å². The highest BCUT2D eigenvalue weighted by molar-refractivity contribution is 5.88. The first-order chi connectivity index (χ1) is 17.9. The molecule has 0 saturated carbocycles. The summed E-state index contributed by atoms with van der Waals surface area (Å²) >= 11 is 0. The van der Waals surface area contributed by atoms with E-state index in [2.05, 4.69) is 23.5 Å². The molecule has 1 fully saturated rings. The van der Waals surface area contributed by atoms with Gasteiger partial charge >= 0.3 is 17.9 Å². The lowest BCUT2D eigenvalue weighted by Crippen LogP contribution is -2.42. The number of aromatic nitrogens is 2. The largest absolute Gasteiger partial charge is 0.481 e. The van der Waals surface area contributed by atoms with Crippen molar-refractivity contribution in [2.75, 3.05) is 13.2 Å². The first-order valence-electron chi connectivity index (χ1n) is 12.0. The number of hydrogen-bond donors (Lipinski definition) is 4. The molecule has 1 aromatic heterocycles. The van der Waals surface area contributed by atoms with E-state index < -0.39 is 36.4 Å². The monoisotopic (exact) mass is 535 g/mol. The highest BCUT2D eigenvalue weighted by Crippen LogP contribution is 2.19. The molecule has 1 atom stereocenters. The molecule has 1 aliphatic heterocycles. The average Bonchev–Trinajstić information content (AvgIpc) is 3.44. The van der Waals surface area contributed by atoms with E-state index in [4.69, 9.17) is 25.2 Å². The SMILES string of the molecule is C=CCn1ncc(CN(Cc2cccc(F)c2)CC2CCCO2)c1C.O=C(O)CC(O)(CC(=O)O)C(=O)O. The van der Waals surface area contributed by atoms with Gasteiger partial charge in [-0.05, 0) is 37.5 Å². The maximum absolute atomic E-state index is 13.5. The van der Waals surface area contributed by atoms with Crippen LogP contribution in [0.5, 0.6) is 0 Å². The standard InChI is InChI=1S/C20H26FN3O.C6H8O7/c1-3-9-24-16(2)18(12-22-24)14-23(15-20-8-5-10-25-20)13-17-6-4-7-19(21)11-17;7-3(8)1-6(13,5(11)12)2-4(9)10/h3-4,6-7,11-12,20H,1,5,8-10,13-15H2,2H3;13H,1-2H2,(H,7,8)(H,9,10)(H,11,12). The topological polar surface area (TPSA) is 162 Å². The summed E-state index contributed by atoms with van der Waals surface area (Å²) in [6.07, 6.45) is 3.96. The number of allylic oxidation sites excluding steroid dienone is 1. The highest BCUT2D eigenvalue weighted by Gasteiger charge is 2.40. The zero-order chi connectivity index (χ0) is 28.3. The number of nitrogens with zero attached hydrogens (tertiary/aromatic N) is 3. The van der Waals surface area contributed by atoms with E-state index in [0.29, 0.717) is 13.1 Å². The van der Waals surface area contributed by atoms with Gasteiger partial charge in [-0.3, -0.25) is 19.2 Å². The van der Waals surface area contributed by atoms with Crippen LogP contribution in [-0.4, -0.2) is 77.9 Å². The number of benzene rings is 1. The van der Waals surface area contributed by atoms with Crippen molar-refractivity contribution in [3.05, 3.63) is 65.8 Å². The molecular weight excluding hydrogens is 501 g/mol. The van der Waals surface area contributed by atoms with Crippen molar-refractivity contribution in [1.29, 1.82) is 0 Å². The molecule has 0 bridgehead atoms. The molecule has 1 aromatic carbocycles. The van der Waals surface area contributed by atoms with Crippen LogP contribution in [0.2, 0.25) is 0 Å². The van der Waals surface area contributed by atoms with Crippen LogP contribution in [0.25, 0.3) is 0 Å². The molecule has 2 heterocycles. The van der Waals surface area contributed by atoms with Crippen molar-refractivity contribution in [3.63, 3.8) is 0 Å². The summed E-state index contributed by atoms with van der Waals surface area (Å²) in [7, 11) is 0. The lowest BCUT2D eigenvalue weighted by atomic mass is 9.96. The van der Waals surface area contributed by atoms with Gasteiger partial charge in [-0.2, -0.15) is 5.10 Å². The Morgan fingerprint density at radius 3 is 2.45 bits per heavy atom. The van der Waals surface area contributed by atoms with Crippen LogP contribution < -0.4 is 0 Å². The molecule has 12 heteroatoms. The number of ether oxygens (including phenoxy) is 1. The van der Waals surface area contributed by atoms with E-state index in [9.17, 15) is 18.8 Å². The lowest BCUT2D eigenvalue weighted by Gasteiger charge is -2.25. The quantitative estimate of drug-likeness (QED) is 0.280. The Bertz CT molecular complexity index is 1100. The summed E-state index contributed by atoms with van der Waals surface area (Å²) < 4.78 is 21.3. The Hall–Kier alpha value is -3.61. The van der Waals surface area contributed by atoms with Crippen LogP contribution in [0.4, 0.5) is 4.39 Å². The van der Waals surface area contributed by atoms with Crippen LogP contribution >= 0.6 is 0 Å². The van der Waals surface area contributed by atoms with Gasteiger partial charge in [0.25, 0.3) is 0 Å². The third-order valence-electron chi connectivity index (χ3n) is 5.97. The molecule has 0 radical (unpaired) electrons. The zero-order valence-corrected chi connectivity index (χ0v) is 21.3. The molecule has 1 saturated heterocycles. The number of rotatable bonds is 13. The first kappa shape index (κ1) is 30.6. The van der Waals surface area contributed by atoms with E-state index in [1.165, 1.54) is 11.6 Å². The summed E-state index contributed by atoms with van der Waals surface area (Å²) in [5.74, 6) is -5.21. The molecule has 0 spiro atoms. The highest BCUT2D eigenvalue weighted by atomic mass is 19.1. The van der Waals surface area contributed by atoms with Crippen LogP contribution in [0.1, 0.15) is 42.5 Å². The van der Waals surface area contributed by atoms with Gasteiger partial charge in [0.05, 0.1) is 31.7 Å². The maximum atomic E-state index is 13.5. The van der Waals surface area contributed by atoms with E-state index in [1.807, 2.05) is 23.0 Å². The number of aliphatic hydroxyl groups is 1. The van der Waals surface area contributed by atoms with E-state index >= 15 is 0 Å². The molecule has 208 valence electrons. The van der Waals surface area contributed by atoms with Crippen molar-refractivity contribution >= 4 is 17.9 Å².